The van der Waals surface area contributed by atoms with E-state index in [0.29, 0.717) is 11.7 Å². The number of phenolic OH excluding ortho intramolecular Hbond substituents is 1. The smallest absolute Gasteiger partial charge is 0.115 e. The van der Waals surface area contributed by atoms with Crippen LogP contribution in [0, 0.1) is 5.92 Å². The van der Waals surface area contributed by atoms with E-state index in [-0.39, 0.29) is 0 Å². The van der Waals surface area contributed by atoms with Crippen molar-refractivity contribution in [3.05, 3.63) is 64.7 Å². The summed E-state index contributed by atoms with van der Waals surface area (Å²) in [5.41, 5.74) is 2.32. The minimum Gasteiger partial charge on any atom is -0.508 e. The maximum atomic E-state index is 9.50. The monoisotopic (exact) mass is 338 g/mol. The van der Waals surface area contributed by atoms with Gasteiger partial charge in [-0.15, -0.1) is 0 Å². The normalized spacial score (nSPS) is 12.3. The molecular weight excluding hydrogens is 324 g/mol. The van der Waals surface area contributed by atoms with Gasteiger partial charge in [-0.1, -0.05) is 57.9 Å². The molecule has 0 amide bonds. The van der Waals surface area contributed by atoms with Gasteiger partial charge in [-0.3, -0.25) is 0 Å². The predicted octanol–water partition coefficient (Wildman–Crippen LogP) is 4.84. The fraction of sp³-hybridized carbons (Fsp3) is 0.250. The van der Waals surface area contributed by atoms with Gasteiger partial charge in [0.1, 0.15) is 5.75 Å². The molecule has 2 aromatic carbocycles. The van der Waals surface area contributed by atoms with E-state index in [0.717, 1.165) is 28.8 Å². The molecule has 19 heavy (non-hydrogen) atoms. The van der Waals surface area contributed by atoms with Crippen LogP contribution in [0.2, 0.25) is 5.02 Å². The van der Waals surface area contributed by atoms with E-state index in [9.17, 15) is 5.11 Å². The van der Waals surface area contributed by atoms with Crippen molar-refractivity contribution in [1.29, 1.82) is 0 Å². The third-order valence-electron chi connectivity index (χ3n) is 3.12. The first kappa shape index (κ1) is 14.4. The average Bonchev–Trinajstić information content (AvgIpc) is 2.40. The maximum absolute atomic E-state index is 9.50. The first-order chi connectivity index (χ1) is 9.19. The third-order valence-corrected chi connectivity index (χ3v) is 4.40. The lowest BCUT2D eigenvalue weighted by atomic mass is 9.94. The molecule has 0 aromatic heterocycles. The number of rotatable bonds is 5. The second kappa shape index (κ2) is 6.97. The minimum atomic E-state index is 0.323. The van der Waals surface area contributed by atoms with Gasteiger partial charge in [0, 0.05) is 10.4 Å². The zero-order chi connectivity index (χ0) is 13.7. The molecule has 0 fully saturated rings. The molecule has 100 valence electrons. The molecule has 0 spiro atoms. The third kappa shape index (κ3) is 4.26. The lowest BCUT2D eigenvalue weighted by molar-refractivity contribution is 0.473. The molecule has 0 aliphatic heterocycles. The van der Waals surface area contributed by atoms with E-state index in [1.165, 1.54) is 5.56 Å². The van der Waals surface area contributed by atoms with Crippen LogP contribution in [0.3, 0.4) is 0 Å². The molecule has 1 unspecified atom stereocenters. The summed E-state index contributed by atoms with van der Waals surface area (Å²) >= 11 is 9.77. The highest BCUT2D eigenvalue weighted by Crippen LogP contribution is 2.23. The van der Waals surface area contributed by atoms with Crippen molar-refractivity contribution in [3.63, 3.8) is 0 Å². The second-order valence-corrected chi connectivity index (χ2v) is 5.74. The Bertz CT molecular complexity index is 542. The van der Waals surface area contributed by atoms with E-state index in [4.69, 9.17) is 11.6 Å². The van der Waals surface area contributed by atoms with E-state index < -0.39 is 0 Å². The summed E-state index contributed by atoms with van der Waals surface area (Å²) in [6.45, 7) is 0. The number of halogens is 2. The highest BCUT2D eigenvalue weighted by molar-refractivity contribution is 9.09. The van der Waals surface area contributed by atoms with E-state index in [2.05, 4.69) is 22.0 Å². The van der Waals surface area contributed by atoms with Gasteiger partial charge in [0.2, 0.25) is 0 Å². The summed E-state index contributed by atoms with van der Waals surface area (Å²) in [7, 11) is 0. The van der Waals surface area contributed by atoms with Crippen molar-refractivity contribution in [1.82, 2.24) is 0 Å². The van der Waals surface area contributed by atoms with Crippen LogP contribution in [0.25, 0.3) is 0 Å². The molecule has 0 saturated heterocycles. The first-order valence-corrected chi connectivity index (χ1v) is 7.76. The molecule has 0 aliphatic carbocycles. The van der Waals surface area contributed by atoms with Crippen molar-refractivity contribution in [3.8, 4) is 5.75 Å². The van der Waals surface area contributed by atoms with Crippen LogP contribution in [-0.2, 0) is 12.8 Å². The lowest BCUT2D eigenvalue weighted by Gasteiger charge is -2.15. The largest absolute Gasteiger partial charge is 0.508 e. The molecule has 0 heterocycles. The number of hydrogen-bond acceptors (Lipinski definition) is 1. The van der Waals surface area contributed by atoms with Crippen LogP contribution < -0.4 is 0 Å². The SMILES string of the molecule is Oc1cccc(CC(CBr)Cc2ccccc2Cl)c1. The van der Waals surface area contributed by atoms with Crippen LogP contribution in [0.5, 0.6) is 5.75 Å². The quantitative estimate of drug-likeness (QED) is 0.773. The Hall–Kier alpha value is -0.990. The fourth-order valence-corrected chi connectivity index (χ4v) is 2.84. The van der Waals surface area contributed by atoms with Crippen LogP contribution in [0.4, 0.5) is 0 Å². The molecule has 3 heteroatoms. The molecule has 1 nitrogen and oxygen atoms in total. The van der Waals surface area contributed by atoms with Crippen molar-refractivity contribution >= 4 is 27.5 Å². The Morgan fingerprint density at radius 1 is 1.05 bits per heavy atom. The van der Waals surface area contributed by atoms with E-state index >= 15 is 0 Å². The summed E-state index contributed by atoms with van der Waals surface area (Å²) in [5.74, 6) is 0.783. The molecular formula is C16H16BrClO. The van der Waals surface area contributed by atoms with Crippen molar-refractivity contribution in [2.45, 2.75) is 12.8 Å². The van der Waals surface area contributed by atoms with Gasteiger partial charge in [0.25, 0.3) is 0 Å². The van der Waals surface area contributed by atoms with Gasteiger partial charge >= 0.3 is 0 Å². The number of aromatic hydroxyl groups is 1. The summed E-state index contributed by atoms with van der Waals surface area (Å²) in [6, 6.07) is 15.4. The molecule has 2 aromatic rings. The predicted molar refractivity (Wildman–Crippen MR) is 84.3 cm³/mol. The lowest BCUT2D eigenvalue weighted by Crippen LogP contribution is -2.10. The summed E-state index contributed by atoms with van der Waals surface area (Å²) in [5, 5.41) is 11.2. The van der Waals surface area contributed by atoms with Crippen LogP contribution in [0.15, 0.2) is 48.5 Å². The first-order valence-electron chi connectivity index (χ1n) is 6.26. The zero-order valence-electron chi connectivity index (χ0n) is 10.5. The van der Waals surface area contributed by atoms with Gasteiger partial charge in [-0.05, 0) is 48.1 Å². The van der Waals surface area contributed by atoms with Crippen molar-refractivity contribution in [2.75, 3.05) is 5.33 Å². The summed E-state index contributed by atoms with van der Waals surface area (Å²) in [6.07, 6.45) is 1.85. The number of alkyl halides is 1. The average molecular weight is 340 g/mol. The molecule has 0 radical (unpaired) electrons. The standard InChI is InChI=1S/C16H16BrClO/c17-11-13(8-12-4-3-6-15(19)10-12)9-14-5-1-2-7-16(14)18/h1-7,10,13,19H,8-9,11H2. The number of hydrogen-bond donors (Lipinski definition) is 1. The Kier molecular flexibility index (Phi) is 5.29. The Balaban J connectivity index is 2.07. The molecule has 1 atom stereocenters. The summed E-state index contributed by atoms with van der Waals surface area (Å²) < 4.78 is 0. The van der Waals surface area contributed by atoms with Crippen molar-refractivity contribution < 1.29 is 5.11 Å². The molecule has 0 bridgehead atoms. The van der Waals surface area contributed by atoms with Gasteiger partial charge in [-0.2, -0.15) is 0 Å². The van der Waals surface area contributed by atoms with Gasteiger partial charge in [0.05, 0.1) is 0 Å². The van der Waals surface area contributed by atoms with Crippen LogP contribution >= 0.6 is 27.5 Å². The van der Waals surface area contributed by atoms with Crippen LogP contribution in [0.1, 0.15) is 11.1 Å². The number of benzene rings is 2. The van der Waals surface area contributed by atoms with Gasteiger partial charge in [-0.25, -0.2) is 0 Å². The Labute approximate surface area is 127 Å². The minimum absolute atomic E-state index is 0.323. The highest BCUT2D eigenvalue weighted by Gasteiger charge is 2.11. The number of phenols is 1. The van der Waals surface area contributed by atoms with Gasteiger partial charge < -0.3 is 5.11 Å². The van der Waals surface area contributed by atoms with E-state index in [1.807, 2.05) is 36.4 Å². The topological polar surface area (TPSA) is 20.2 Å². The van der Waals surface area contributed by atoms with E-state index in [1.54, 1.807) is 6.07 Å². The zero-order valence-corrected chi connectivity index (χ0v) is 12.9. The maximum Gasteiger partial charge on any atom is 0.115 e. The Morgan fingerprint density at radius 2 is 1.84 bits per heavy atom. The molecule has 0 saturated carbocycles. The molecule has 2 rings (SSSR count). The Morgan fingerprint density at radius 3 is 2.53 bits per heavy atom. The van der Waals surface area contributed by atoms with Crippen molar-refractivity contribution in [2.24, 2.45) is 5.92 Å². The molecule has 1 N–H and O–H groups in total. The second-order valence-electron chi connectivity index (χ2n) is 4.69. The fourth-order valence-electron chi connectivity index (χ4n) is 2.17. The highest BCUT2D eigenvalue weighted by atomic mass is 79.9. The van der Waals surface area contributed by atoms with Crippen LogP contribution in [-0.4, -0.2) is 10.4 Å². The molecule has 0 aliphatic rings. The summed E-state index contributed by atoms with van der Waals surface area (Å²) in [4.78, 5) is 0. The van der Waals surface area contributed by atoms with Gasteiger partial charge in [0.15, 0.2) is 0 Å².